The molecule has 98 valence electrons. The topological polar surface area (TPSA) is 21.3 Å². The van der Waals surface area contributed by atoms with Gasteiger partial charge in [-0.25, -0.2) is 0 Å². The van der Waals surface area contributed by atoms with Crippen molar-refractivity contribution in [3.8, 4) is 18.1 Å². The molecule has 0 saturated heterocycles. The zero-order valence-corrected chi connectivity index (χ0v) is 11.6. The predicted octanol–water partition coefficient (Wildman–Crippen LogP) is 3.22. The van der Waals surface area contributed by atoms with E-state index in [4.69, 9.17) is 11.2 Å². The lowest BCUT2D eigenvalue weighted by Crippen LogP contribution is -2.23. The quantitative estimate of drug-likeness (QED) is 0.745. The van der Waals surface area contributed by atoms with Crippen LogP contribution >= 0.6 is 0 Å². The first-order valence-corrected chi connectivity index (χ1v) is 6.53. The highest BCUT2D eigenvalue weighted by Gasteiger charge is 1.99. The third-order valence-corrected chi connectivity index (χ3v) is 2.75. The van der Waals surface area contributed by atoms with Crippen LogP contribution in [0.1, 0.15) is 32.8 Å². The molecule has 1 unspecified atom stereocenters. The molecule has 1 N–H and O–H groups in total. The number of rotatable bonds is 7. The summed E-state index contributed by atoms with van der Waals surface area (Å²) in [5.41, 5.74) is 1.22. The average molecular weight is 245 g/mol. The fourth-order valence-electron chi connectivity index (χ4n) is 1.45. The fraction of sp³-hybridized carbons (Fsp3) is 0.500. The Morgan fingerprint density at radius 1 is 1.22 bits per heavy atom. The van der Waals surface area contributed by atoms with E-state index in [0.717, 1.165) is 25.3 Å². The molecule has 1 atom stereocenters. The molecule has 0 spiro atoms. The van der Waals surface area contributed by atoms with E-state index >= 15 is 0 Å². The zero-order valence-electron chi connectivity index (χ0n) is 11.6. The van der Waals surface area contributed by atoms with Crippen LogP contribution in [0.2, 0.25) is 0 Å². The lowest BCUT2D eigenvalue weighted by Gasteiger charge is -2.10. The van der Waals surface area contributed by atoms with Crippen LogP contribution in [0.25, 0.3) is 0 Å². The van der Waals surface area contributed by atoms with Crippen LogP contribution in [0.5, 0.6) is 5.75 Å². The first-order valence-electron chi connectivity index (χ1n) is 6.53. The van der Waals surface area contributed by atoms with Crippen LogP contribution < -0.4 is 10.1 Å². The SMILES string of the molecule is C#CC(C)NCc1ccc(OCCC(C)C)cc1. The van der Waals surface area contributed by atoms with E-state index < -0.39 is 0 Å². The summed E-state index contributed by atoms with van der Waals surface area (Å²) in [7, 11) is 0. The van der Waals surface area contributed by atoms with E-state index in [0.29, 0.717) is 5.92 Å². The summed E-state index contributed by atoms with van der Waals surface area (Å²) in [5, 5.41) is 3.25. The van der Waals surface area contributed by atoms with E-state index in [1.807, 2.05) is 19.1 Å². The van der Waals surface area contributed by atoms with Gasteiger partial charge >= 0.3 is 0 Å². The lowest BCUT2D eigenvalue weighted by atomic mass is 10.1. The van der Waals surface area contributed by atoms with Crippen molar-refractivity contribution >= 4 is 0 Å². The van der Waals surface area contributed by atoms with Gasteiger partial charge in [0.2, 0.25) is 0 Å². The van der Waals surface area contributed by atoms with E-state index in [2.05, 4.69) is 37.2 Å². The standard InChI is InChI=1S/C16H23NO/c1-5-14(4)17-12-15-6-8-16(9-7-15)18-11-10-13(2)3/h1,6-9,13-14,17H,10-12H2,2-4H3. The molecule has 0 bridgehead atoms. The number of ether oxygens (including phenoxy) is 1. The van der Waals surface area contributed by atoms with Gasteiger partial charge in [-0.3, -0.25) is 5.32 Å². The highest BCUT2D eigenvalue weighted by Crippen LogP contribution is 2.13. The molecular weight excluding hydrogens is 222 g/mol. The molecule has 18 heavy (non-hydrogen) atoms. The van der Waals surface area contributed by atoms with Gasteiger partial charge in [-0.15, -0.1) is 6.42 Å². The van der Waals surface area contributed by atoms with Crippen LogP contribution in [0.4, 0.5) is 0 Å². The molecule has 2 heteroatoms. The van der Waals surface area contributed by atoms with Crippen molar-refractivity contribution in [1.82, 2.24) is 5.32 Å². The van der Waals surface area contributed by atoms with Crippen molar-refractivity contribution in [3.05, 3.63) is 29.8 Å². The molecule has 0 fully saturated rings. The molecule has 1 rings (SSSR count). The maximum Gasteiger partial charge on any atom is 0.119 e. The highest BCUT2D eigenvalue weighted by atomic mass is 16.5. The summed E-state index contributed by atoms with van der Waals surface area (Å²) >= 11 is 0. The first-order chi connectivity index (χ1) is 8.61. The molecule has 0 radical (unpaired) electrons. The van der Waals surface area contributed by atoms with Crippen LogP contribution in [0.15, 0.2) is 24.3 Å². The Balaban J connectivity index is 2.36. The average Bonchev–Trinajstić information content (AvgIpc) is 2.37. The summed E-state index contributed by atoms with van der Waals surface area (Å²) < 4.78 is 5.67. The van der Waals surface area contributed by atoms with Crippen molar-refractivity contribution in [2.75, 3.05) is 6.61 Å². The Morgan fingerprint density at radius 3 is 2.44 bits per heavy atom. The second kappa shape index (κ2) is 7.79. The van der Waals surface area contributed by atoms with Gasteiger partial charge in [0, 0.05) is 6.54 Å². The molecule has 0 amide bonds. The van der Waals surface area contributed by atoms with Crippen LogP contribution in [-0.4, -0.2) is 12.6 Å². The molecular formula is C16H23NO. The number of hydrogen-bond acceptors (Lipinski definition) is 2. The van der Waals surface area contributed by atoms with Crippen molar-refractivity contribution in [1.29, 1.82) is 0 Å². The minimum Gasteiger partial charge on any atom is -0.494 e. The van der Waals surface area contributed by atoms with Gasteiger partial charge < -0.3 is 4.74 Å². The van der Waals surface area contributed by atoms with Crippen molar-refractivity contribution in [2.24, 2.45) is 5.92 Å². The fourth-order valence-corrected chi connectivity index (χ4v) is 1.45. The van der Waals surface area contributed by atoms with E-state index in [9.17, 15) is 0 Å². The van der Waals surface area contributed by atoms with Gasteiger partial charge in [-0.05, 0) is 37.0 Å². The molecule has 0 aliphatic heterocycles. The first kappa shape index (κ1) is 14.6. The van der Waals surface area contributed by atoms with Crippen molar-refractivity contribution in [2.45, 2.75) is 39.8 Å². The Hall–Kier alpha value is -1.46. The number of benzene rings is 1. The third kappa shape index (κ3) is 5.75. The third-order valence-electron chi connectivity index (χ3n) is 2.75. The summed E-state index contributed by atoms with van der Waals surface area (Å²) in [5.74, 6) is 4.26. The van der Waals surface area contributed by atoms with Gasteiger partial charge in [0.1, 0.15) is 5.75 Å². The van der Waals surface area contributed by atoms with Crippen LogP contribution in [-0.2, 0) is 6.54 Å². The minimum atomic E-state index is 0.104. The number of hydrogen-bond donors (Lipinski definition) is 1. The minimum absolute atomic E-state index is 0.104. The van der Waals surface area contributed by atoms with Gasteiger partial charge in [-0.2, -0.15) is 0 Å². The van der Waals surface area contributed by atoms with Gasteiger partial charge in [0.25, 0.3) is 0 Å². The second-order valence-electron chi connectivity index (χ2n) is 4.94. The molecule has 0 aliphatic rings. The molecule has 0 aliphatic carbocycles. The lowest BCUT2D eigenvalue weighted by molar-refractivity contribution is 0.289. The summed E-state index contributed by atoms with van der Waals surface area (Å²) in [6.45, 7) is 7.94. The predicted molar refractivity (Wildman–Crippen MR) is 76.5 cm³/mol. The molecule has 0 heterocycles. The van der Waals surface area contributed by atoms with Gasteiger partial charge in [-0.1, -0.05) is 31.9 Å². The van der Waals surface area contributed by atoms with Gasteiger partial charge in [0.05, 0.1) is 12.6 Å². The molecule has 1 aromatic rings. The normalized spacial score (nSPS) is 12.2. The Labute approximate surface area is 111 Å². The van der Waals surface area contributed by atoms with Crippen LogP contribution in [0.3, 0.4) is 0 Å². The maximum atomic E-state index is 5.67. The summed E-state index contributed by atoms with van der Waals surface area (Å²) in [6, 6.07) is 8.27. The summed E-state index contributed by atoms with van der Waals surface area (Å²) in [6.07, 6.45) is 6.39. The molecule has 0 saturated carbocycles. The smallest absolute Gasteiger partial charge is 0.119 e. The summed E-state index contributed by atoms with van der Waals surface area (Å²) in [4.78, 5) is 0. The van der Waals surface area contributed by atoms with E-state index in [1.165, 1.54) is 5.56 Å². The zero-order chi connectivity index (χ0) is 13.4. The number of terminal acetylenes is 1. The molecule has 1 aromatic carbocycles. The van der Waals surface area contributed by atoms with Gasteiger partial charge in [0.15, 0.2) is 0 Å². The Kier molecular flexibility index (Phi) is 6.32. The number of nitrogens with one attached hydrogen (secondary N) is 1. The van der Waals surface area contributed by atoms with E-state index in [-0.39, 0.29) is 6.04 Å². The van der Waals surface area contributed by atoms with Crippen molar-refractivity contribution in [3.63, 3.8) is 0 Å². The largest absolute Gasteiger partial charge is 0.494 e. The maximum absolute atomic E-state index is 5.67. The van der Waals surface area contributed by atoms with Crippen LogP contribution in [0, 0.1) is 18.3 Å². The highest BCUT2D eigenvalue weighted by molar-refractivity contribution is 5.27. The van der Waals surface area contributed by atoms with Crippen molar-refractivity contribution < 1.29 is 4.74 Å². The second-order valence-corrected chi connectivity index (χ2v) is 4.94. The monoisotopic (exact) mass is 245 g/mol. The Bertz CT molecular complexity index is 375. The van der Waals surface area contributed by atoms with E-state index in [1.54, 1.807) is 0 Å². The Morgan fingerprint density at radius 2 is 1.89 bits per heavy atom. The molecule has 2 nitrogen and oxygen atoms in total. The molecule has 0 aromatic heterocycles.